The fourth-order valence-electron chi connectivity index (χ4n) is 3.03. The highest BCUT2D eigenvalue weighted by Crippen LogP contribution is 2.27. The van der Waals surface area contributed by atoms with Crippen molar-refractivity contribution in [3.63, 3.8) is 0 Å². The van der Waals surface area contributed by atoms with E-state index in [1.807, 2.05) is 43.3 Å². The molecule has 3 rings (SSSR count). The Morgan fingerprint density at radius 3 is 2.66 bits per heavy atom. The summed E-state index contributed by atoms with van der Waals surface area (Å²) in [7, 11) is 0. The van der Waals surface area contributed by atoms with Crippen LogP contribution in [0.3, 0.4) is 0 Å². The van der Waals surface area contributed by atoms with Crippen LogP contribution in [0.2, 0.25) is 0 Å². The maximum atomic E-state index is 12.6. The second-order valence-electron chi connectivity index (χ2n) is 6.28. The van der Waals surface area contributed by atoms with E-state index in [2.05, 4.69) is 16.4 Å². The number of thioether (sulfide) groups is 1. The molecule has 0 spiro atoms. The van der Waals surface area contributed by atoms with E-state index in [1.165, 1.54) is 11.8 Å². The minimum Gasteiger partial charge on any atom is -0.452 e. The largest absolute Gasteiger partial charge is 0.452 e. The van der Waals surface area contributed by atoms with Crippen molar-refractivity contribution in [1.82, 2.24) is 4.98 Å². The molecule has 146 valence electrons. The van der Waals surface area contributed by atoms with Gasteiger partial charge in [-0.25, -0.2) is 4.79 Å². The van der Waals surface area contributed by atoms with Crippen molar-refractivity contribution in [2.24, 2.45) is 0 Å². The van der Waals surface area contributed by atoms with Crippen molar-refractivity contribution in [3.05, 3.63) is 65.4 Å². The maximum absolute atomic E-state index is 12.6. The number of benzene rings is 2. The molecule has 1 heterocycles. The number of pyridine rings is 1. The lowest BCUT2D eigenvalue weighted by atomic mass is 10.0. The molecule has 1 N–H and O–H groups in total. The van der Waals surface area contributed by atoms with Crippen LogP contribution < -0.4 is 5.32 Å². The van der Waals surface area contributed by atoms with Crippen molar-refractivity contribution in [1.29, 1.82) is 5.26 Å². The number of aromatic nitrogens is 1. The Labute approximate surface area is 172 Å². The number of nitrogens with one attached hydrogen (secondary N) is 1. The summed E-state index contributed by atoms with van der Waals surface area (Å²) in [5.74, 6) is -0.761. The highest BCUT2D eigenvalue weighted by atomic mass is 32.2. The van der Waals surface area contributed by atoms with Gasteiger partial charge in [-0.15, -0.1) is 11.8 Å². The van der Waals surface area contributed by atoms with Gasteiger partial charge in [0.2, 0.25) is 0 Å². The second kappa shape index (κ2) is 9.22. The molecule has 0 unspecified atom stereocenters. The molecule has 0 aliphatic heterocycles. The number of rotatable bonds is 6. The standard InChI is InChI=1S/C22H19N3O3S/c1-14-16-7-3-4-8-17(16)24-15(2)21(14)22(27)28-13-20(26)25-18-9-5-6-10-19(18)29-12-11-23/h3-10H,12-13H2,1-2H3,(H,25,26). The van der Waals surface area contributed by atoms with Crippen molar-refractivity contribution < 1.29 is 14.3 Å². The van der Waals surface area contributed by atoms with Crippen LogP contribution in [0.5, 0.6) is 0 Å². The van der Waals surface area contributed by atoms with E-state index in [9.17, 15) is 9.59 Å². The third-order valence-corrected chi connectivity index (χ3v) is 5.27. The molecule has 0 radical (unpaired) electrons. The molecule has 6 nitrogen and oxygen atoms in total. The third kappa shape index (κ3) is 4.73. The summed E-state index contributed by atoms with van der Waals surface area (Å²) >= 11 is 1.32. The highest BCUT2D eigenvalue weighted by Gasteiger charge is 2.19. The van der Waals surface area contributed by atoms with Crippen LogP contribution in [0.4, 0.5) is 5.69 Å². The van der Waals surface area contributed by atoms with Crippen LogP contribution in [0.1, 0.15) is 21.6 Å². The first-order valence-electron chi connectivity index (χ1n) is 8.93. The molecule has 0 fully saturated rings. The van der Waals surface area contributed by atoms with Crippen LogP contribution >= 0.6 is 11.8 Å². The van der Waals surface area contributed by atoms with Gasteiger partial charge in [-0.2, -0.15) is 5.26 Å². The quantitative estimate of drug-likeness (QED) is 0.487. The number of hydrogen-bond donors (Lipinski definition) is 1. The lowest BCUT2D eigenvalue weighted by Crippen LogP contribution is -2.22. The van der Waals surface area contributed by atoms with Crippen LogP contribution in [0.15, 0.2) is 53.4 Å². The van der Waals surface area contributed by atoms with E-state index in [4.69, 9.17) is 10.00 Å². The Morgan fingerprint density at radius 2 is 1.86 bits per heavy atom. The molecule has 0 aliphatic carbocycles. The molecule has 0 bridgehead atoms. The highest BCUT2D eigenvalue weighted by molar-refractivity contribution is 7.99. The third-order valence-electron chi connectivity index (χ3n) is 4.32. The summed E-state index contributed by atoms with van der Waals surface area (Å²) in [6.45, 7) is 3.18. The van der Waals surface area contributed by atoms with E-state index in [-0.39, 0.29) is 5.75 Å². The molecule has 0 atom stereocenters. The normalized spacial score (nSPS) is 10.4. The summed E-state index contributed by atoms with van der Waals surface area (Å²) in [5.41, 5.74) is 3.10. The van der Waals surface area contributed by atoms with Gasteiger partial charge < -0.3 is 10.1 Å². The summed E-state index contributed by atoms with van der Waals surface area (Å²) < 4.78 is 5.24. The summed E-state index contributed by atoms with van der Waals surface area (Å²) in [5, 5.41) is 12.3. The van der Waals surface area contributed by atoms with E-state index in [1.54, 1.807) is 19.1 Å². The van der Waals surface area contributed by atoms with Crippen molar-refractivity contribution in [2.75, 3.05) is 17.7 Å². The van der Waals surface area contributed by atoms with Gasteiger partial charge in [-0.1, -0.05) is 30.3 Å². The van der Waals surface area contributed by atoms with Gasteiger partial charge in [0.15, 0.2) is 6.61 Å². The molecule has 0 aliphatic rings. The SMILES string of the molecule is Cc1nc2ccccc2c(C)c1C(=O)OCC(=O)Nc1ccccc1SCC#N. The van der Waals surface area contributed by atoms with Crippen molar-refractivity contribution in [2.45, 2.75) is 18.7 Å². The predicted molar refractivity (Wildman–Crippen MR) is 113 cm³/mol. The number of ether oxygens (including phenoxy) is 1. The van der Waals surface area contributed by atoms with Crippen LogP contribution in [-0.2, 0) is 9.53 Å². The first kappa shape index (κ1) is 20.4. The number of esters is 1. The first-order chi connectivity index (χ1) is 14.0. The van der Waals surface area contributed by atoms with Crippen molar-refractivity contribution in [3.8, 4) is 6.07 Å². The van der Waals surface area contributed by atoms with Crippen LogP contribution in [0, 0.1) is 25.2 Å². The zero-order chi connectivity index (χ0) is 20.8. The number of fused-ring (bicyclic) bond motifs is 1. The zero-order valence-corrected chi connectivity index (χ0v) is 16.9. The number of carbonyl (C=O) groups is 2. The van der Waals surface area contributed by atoms with Gasteiger partial charge >= 0.3 is 5.97 Å². The minimum atomic E-state index is -0.583. The Bertz CT molecular complexity index is 1120. The maximum Gasteiger partial charge on any atom is 0.340 e. The Kier molecular flexibility index (Phi) is 6.47. The Morgan fingerprint density at radius 1 is 1.14 bits per heavy atom. The molecule has 1 aromatic heterocycles. The van der Waals surface area contributed by atoms with E-state index >= 15 is 0 Å². The van der Waals surface area contributed by atoms with Gasteiger partial charge in [0, 0.05) is 10.3 Å². The summed E-state index contributed by atoms with van der Waals surface area (Å²) in [4.78, 5) is 30.1. The molecule has 0 saturated carbocycles. The molecule has 0 saturated heterocycles. The predicted octanol–water partition coefficient (Wildman–Crippen LogP) is 4.26. The smallest absolute Gasteiger partial charge is 0.340 e. The van der Waals surface area contributed by atoms with Gasteiger partial charge in [-0.05, 0) is 37.6 Å². The van der Waals surface area contributed by atoms with E-state index < -0.39 is 18.5 Å². The molecular weight excluding hydrogens is 386 g/mol. The van der Waals surface area contributed by atoms with Gasteiger partial charge in [0.05, 0.1) is 34.3 Å². The number of aryl methyl sites for hydroxylation is 2. The summed E-state index contributed by atoms with van der Waals surface area (Å²) in [6, 6.07) is 16.8. The number of nitriles is 1. The topological polar surface area (TPSA) is 92.1 Å². The van der Waals surface area contributed by atoms with E-state index in [0.29, 0.717) is 16.9 Å². The average Bonchev–Trinajstić information content (AvgIpc) is 2.71. The fourth-order valence-corrected chi connectivity index (χ4v) is 3.70. The van der Waals surface area contributed by atoms with E-state index in [0.717, 1.165) is 21.4 Å². The Hall–Kier alpha value is -3.37. The summed E-state index contributed by atoms with van der Waals surface area (Å²) in [6.07, 6.45) is 0. The average molecular weight is 405 g/mol. The number of hydrogen-bond acceptors (Lipinski definition) is 6. The number of anilines is 1. The number of para-hydroxylation sites is 2. The molecule has 29 heavy (non-hydrogen) atoms. The minimum absolute atomic E-state index is 0.273. The van der Waals surface area contributed by atoms with Crippen LogP contribution in [-0.4, -0.2) is 29.2 Å². The number of nitrogens with zero attached hydrogens (tertiary/aromatic N) is 2. The lowest BCUT2D eigenvalue weighted by molar-refractivity contribution is -0.119. The van der Waals surface area contributed by atoms with Crippen molar-refractivity contribution >= 4 is 40.2 Å². The van der Waals surface area contributed by atoms with Gasteiger partial charge in [0.1, 0.15) is 0 Å². The molecular formula is C22H19N3O3S. The zero-order valence-electron chi connectivity index (χ0n) is 16.1. The number of carbonyl (C=O) groups excluding carboxylic acids is 2. The molecule has 7 heteroatoms. The molecule has 3 aromatic rings. The lowest BCUT2D eigenvalue weighted by Gasteiger charge is -2.13. The van der Waals surface area contributed by atoms with Crippen LogP contribution in [0.25, 0.3) is 10.9 Å². The molecule has 1 amide bonds. The van der Waals surface area contributed by atoms with Gasteiger partial charge in [0.25, 0.3) is 5.91 Å². The number of amides is 1. The van der Waals surface area contributed by atoms with Gasteiger partial charge in [-0.3, -0.25) is 9.78 Å². The first-order valence-corrected chi connectivity index (χ1v) is 9.91. The second-order valence-corrected chi connectivity index (χ2v) is 7.30. The Balaban J connectivity index is 1.70. The molecule has 2 aromatic carbocycles. The fraction of sp³-hybridized carbons (Fsp3) is 0.182. The monoisotopic (exact) mass is 405 g/mol.